The maximum absolute atomic E-state index is 10.4. The minimum atomic E-state index is -0.308. The second kappa shape index (κ2) is 4.04. The third kappa shape index (κ3) is 1.86. The van der Waals surface area contributed by atoms with Gasteiger partial charge in [0.25, 0.3) is 0 Å². The molecule has 3 heteroatoms. The minimum Gasteiger partial charge on any atom is -0.393 e. The van der Waals surface area contributed by atoms with Crippen LogP contribution in [-0.2, 0) is 9.53 Å². The fraction of sp³-hybridized carbons (Fsp3) is 0.667. The second-order valence-electron chi connectivity index (χ2n) is 6.39. The third-order valence-electron chi connectivity index (χ3n) is 4.42. The van der Waals surface area contributed by atoms with Gasteiger partial charge in [-0.3, -0.25) is 4.79 Å². The zero-order chi connectivity index (χ0) is 13.6. The maximum atomic E-state index is 10.4. The summed E-state index contributed by atoms with van der Waals surface area (Å²) in [5.74, 6) is 0. The van der Waals surface area contributed by atoms with Crippen molar-refractivity contribution in [1.29, 1.82) is 0 Å². The van der Waals surface area contributed by atoms with Gasteiger partial charge in [-0.2, -0.15) is 0 Å². The van der Waals surface area contributed by atoms with Crippen LogP contribution >= 0.6 is 0 Å². The molecule has 1 saturated carbocycles. The molecule has 2 fully saturated rings. The number of aldehydes is 1. The van der Waals surface area contributed by atoms with Crippen LogP contribution in [-0.4, -0.2) is 28.7 Å². The topological polar surface area (TPSA) is 49.8 Å². The highest BCUT2D eigenvalue weighted by Crippen LogP contribution is 2.66. The number of allylic oxidation sites excluding steroid dienone is 3. The molecule has 0 radical (unpaired) electrons. The molecule has 2 rings (SSSR count). The Balaban J connectivity index is 2.27. The lowest BCUT2D eigenvalue weighted by Gasteiger charge is -2.39. The number of hydrogen-bond acceptors (Lipinski definition) is 3. The van der Waals surface area contributed by atoms with Gasteiger partial charge < -0.3 is 9.84 Å². The Hall–Kier alpha value is -0.930. The van der Waals surface area contributed by atoms with Gasteiger partial charge in [0.1, 0.15) is 17.5 Å². The molecule has 100 valence electrons. The van der Waals surface area contributed by atoms with Crippen molar-refractivity contribution in [3.63, 3.8) is 0 Å². The number of aliphatic hydroxyl groups is 1. The number of carbonyl (C=O) groups excluding carboxylic acids is 1. The smallest absolute Gasteiger partial charge is 0.143 e. The molecule has 3 nitrogen and oxygen atoms in total. The predicted molar refractivity (Wildman–Crippen MR) is 70.2 cm³/mol. The van der Waals surface area contributed by atoms with E-state index in [2.05, 4.69) is 26.8 Å². The molecule has 1 N–H and O–H groups in total. The van der Waals surface area contributed by atoms with Crippen LogP contribution < -0.4 is 0 Å². The van der Waals surface area contributed by atoms with Gasteiger partial charge in [-0.05, 0) is 38.0 Å². The molecule has 0 aromatic rings. The van der Waals surface area contributed by atoms with Gasteiger partial charge in [-0.1, -0.05) is 19.9 Å². The summed E-state index contributed by atoms with van der Waals surface area (Å²) >= 11 is 0. The normalized spacial score (nSPS) is 42.7. The first kappa shape index (κ1) is 13.5. The SMILES string of the molecule is CC(/C=C/[C@@]12O[C@]1(C)C[C@H](O)CC2(C)C)=C\C=O. The second-order valence-corrected chi connectivity index (χ2v) is 6.39. The Morgan fingerprint density at radius 1 is 1.33 bits per heavy atom. The summed E-state index contributed by atoms with van der Waals surface area (Å²) in [5.41, 5.74) is 0.236. The van der Waals surface area contributed by atoms with Crippen LogP contribution in [0.3, 0.4) is 0 Å². The number of hydrogen-bond donors (Lipinski definition) is 1. The van der Waals surface area contributed by atoms with E-state index in [-0.39, 0.29) is 22.7 Å². The molecule has 1 saturated heterocycles. The standard InChI is InChI=1S/C15H22O3/c1-11(6-8-16)5-7-15-13(2,3)9-12(17)10-14(15,4)18-15/h5-8,12,17H,9-10H2,1-4H3/b7-5+,11-6+/t12-,14-,15+/m1/s1. The minimum absolute atomic E-state index is 0.0998. The molecule has 3 atom stereocenters. The number of aliphatic hydroxyl groups excluding tert-OH is 1. The predicted octanol–water partition coefficient (Wildman–Crippen LogP) is 2.40. The van der Waals surface area contributed by atoms with Crippen molar-refractivity contribution in [3.8, 4) is 0 Å². The molecule has 18 heavy (non-hydrogen) atoms. The van der Waals surface area contributed by atoms with Gasteiger partial charge >= 0.3 is 0 Å². The summed E-state index contributed by atoms with van der Waals surface area (Å²) < 4.78 is 6.00. The average Bonchev–Trinajstić information content (AvgIpc) is 2.82. The van der Waals surface area contributed by atoms with Crippen LogP contribution in [0.15, 0.2) is 23.8 Å². The van der Waals surface area contributed by atoms with Crippen molar-refractivity contribution in [2.45, 2.75) is 57.8 Å². The van der Waals surface area contributed by atoms with E-state index in [4.69, 9.17) is 4.74 Å². The number of ether oxygens (including phenoxy) is 1. The van der Waals surface area contributed by atoms with Gasteiger partial charge in [0.2, 0.25) is 0 Å². The van der Waals surface area contributed by atoms with Crippen molar-refractivity contribution in [2.75, 3.05) is 0 Å². The summed E-state index contributed by atoms with van der Waals surface area (Å²) in [5, 5.41) is 9.92. The Morgan fingerprint density at radius 2 is 2.00 bits per heavy atom. The number of epoxide rings is 1. The molecular formula is C15H22O3. The van der Waals surface area contributed by atoms with Crippen LogP contribution in [0.2, 0.25) is 0 Å². The largest absolute Gasteiger partial charge is 0.393 e. The van der Waals surface area contributed by atoms with E-state index in [9.17, 15) is 9.90 Å². The molecule has 0 unspecified atom stereocenters. The first-order valence-corrected chi connectivity index (χ1v) is 6.46. The van der Waals surface area contributed by atoms with Crippen LogP contribution in [0.5, 0.6) is 0 Å². The average molecular weight is 250 g/mol. The zero-order valence-corrected chi connectivity index (χ0v) is 11.6. The molecular weight excluding hydrogens is 228 g/mol. The first-order valence-electron chi connectivity index (χ1n) is 6.46. The number of carbonyl (C=O) groups is 1. The van der Waals surface area contributed by atoms with Gasteiger partial charge in [0.15, 0.2) is 0 Å². The maximum Gasteiger partial charge on any atom is 0.143 e. The summed E-state index contributed by atoms with van der Waals surface area (Å²) in [6.45, 7) is 8.21. The molecule has 2 aliphatic rings. The highest BCUT2D eigenvalue weighted by molar-refractivity contribution is 5.67. The molecule has 0 spiro atoms. The van der Waals surface area contributed by atoms with Crippen molar-refractivity contribution < 1.29 is 14.6 Å². The van der Waals surface area contributed by atoms with E-state index in [0.717, 1.165) is 18.3 Å². The van der Waals surface area contributed by atoms with Gasteiger partial charge in [-0.15, -0.1) is 0 Å². The zero-order valence-electron chi connectivity index (χ0n) is 11.6. The molecule has 0 bridgehead atoms. The fourth-order valence-corrected chi connectivity index (χ4v) is 3.49. The van der Waals surface area contributed by atoms with Gasteiger partial charge in [0, 0.05) is 11.8 Å². The highest BCUT2D eigenvalue weighted by Gasteiger charge is 2.74. The lowest BCUT2D eigenvalue weighted by molar-refractivity contribution is -0.104. The first-order chi connectivity index (χ1) is 8.26. The van der Waals surface area contributed by atoms with Crippen LogP contribution in [0.25, 0.3) is 0 Å². The summed E-state index contributed by atoms with van der Waals surface area (Å²) in [6, 6.07) is 0. The number of rotatable bonds is 3. The van der Waals surface area contributed by atoms with E-state index in [1.807, 2.05) is 13.0 Å². The Bertz CT molecular complexity index is 421. The van der Waals surface area contributed by atoms with E-state index < -0.39 is 0 Å². The molecule has 1 aliphatic carbocycles. The Labute approximate surface area is 109 Å². The van der Waals surface area contributed by atoms with Crippen LogP contribution in [0.4, 0.5) is 0 Å². The number of fused-ring (bicyclic) bond motifs is 1. The van der Waals surface area contributed by atoms with Crippen LogP contribution in [0.1, 0.15) is 40.5 Å². The van der Waals surface area contributed by atoms with E-state index >= 15 is 0 Å². The quantitative estimate of drug-likeness (QED) is 0.362. The summed E-state index contributed by atoms with van der Waals surface area (Å²) in [7, 11) is 0. The highest BCUT2D eigenvalue weighted by atomic mass is 16.6. The van der Waals surface area contributed by atoms with Crippen molar-refractivity contribution >= 4 is 6.29 Å². The van der Waals surface area contributed by atoms with Crippen LogP contribution in [0, 0.1) is 5.41 Å². The lowest BCUT2D eigenvalue weighted by atomic mass is 9.63. The van der Waals surface area contributed by atoms with Crippen molar-refractivity contribution in [2.24, 2.45) is 5.41 Å². The monoisotopic (exact) mass is 250 g/mol. The van der Waals surface area contributed by atoms with Gasteiger partial charge in [0.05, 0.1) is 6.10 Å². The molecule has 1 aliphatic heterocycles. The van der Waals surface area contributed by atoms with E-state index in [0.29, 0.717) is 6.42 Å². The summed E-state index contributed by atoms with van der Waals surface area (Å²) in [4.78, 5) is 10.4. The third-order valence-corrected chi connectivity index (χ3v) is 4.42. The van der Waals surface area contributed by atoms with Gasteiger partial charge in [-0.25, -0.2) is 0 Å². The van der Waals surface area contributed by atoms with E-state index in [1.165, 1.54) is 6.08 Å². The Kier molecular flexibility index (Phi) is 3.03. The molecule has 0 aromatic carbocycles. The fourth-order valence-electron chi connectivity index (χ4n) is 3.49. The molecule has 0 aromatic heterocycles. The summed E-state index contributed by atoms with van der Waals surface area (Å²) in [6.07, 6.45) is 7.46. The van der Waals surface area contributed by atoms with Crippen molar-refractivity contribution in [1.82, 2.24) is 0 Å². The Morgan fingerprint density at radius 3 is 2.56 bits per heavy atom. The molecule has 0 amide bonds. The van der Waals surface area contributed by atoms with Crippen molar-refractivity contribution in [3.05, 3.63) is 23.8 Å². The molecule has 1 heterocycles. The van der Waals surface area contributed by atoms with E-state index in [1.54, 1.807) is 0 Å². The lowest BCUT2D eigenvalue weighted by Crippen LogP contribution is -2.46.